The SMILES string of the molecule is CCOC(=O)CCc1ccc(N)c(C#Cc2ccc(Cl)cc2)c1. The molecular formula is C19H18ClNO2. The fourth-order valence-corrected chi connectivity index (χ4v) is 2.15. The zero-order valence-electron chi connectivity index (χ0n) is 12.9. The standard InChI is InChI=1S/C19H18ClNO2/c1-2-23-19(22)12-7-15-6-11-18(21)16(13-15)8-3-14-4-9-17(20)10-5-14/h4-6,9-11,13H,2,7,12,21H2,1H3. The Morgan fingerprint density at radius 3 is 2.61 bits per heavy atom. The summed E-state index contributed by atoms with van der Waals surface area (Å²) in [4.78, 5) is 11.4. The zero-order valence-corrected chi connectivity index (χ0v) is 13.7. The molecule has 0 atom stereocenters. The van der Waals surface area contributed by atoms with Crippen LogP contribution in [0.3, 0.4) is 0 Å². The van der Waals surface area contributed by atoms with E-state index in [1.54, 1.807) is 19.1 Å². The lowest BCUT2D eigenvalue weighted by Gasteiger charge is -2.05. The molecule has 0 bridgehead atoms. The van der Waals surface area contributed by atoms with Gasteiger partial charge in [-0.05, 0) is 55.3 Å². The van der Waals surface area contributed by atoms with Gasteiger partial charge in [0.1, 0.15) is 0 Å². The van der Waals surface area contributed by atoms with Gasteiger partial charge in [0.2, 0.25) is 0 Å². The third kappa shape index (κ3) is 5.36. The summed E-state index contributed by atoms with van der Waals surface area (Å²) in [5.74, 6) is 5.93. The van der Waals surface area contributed by atoms with Crippen molar-refractivity contribution in [3.63, 3.8) is 0 Å². The van der Waals surface area contributed by atoms with Crippen LogP contribution in [0, 0.1) is 11.8 Å². The van der Waals surface area contributed by atoms with E-state index >= 15 is 0 Å². The molecular weight excluding hydrogens is 310 g/mol. The van der Waals surface area contributed by atoms with Crippen LogP contribution in [0.15, 0.2) is 42.5 Å². The Hall–Kier alpha value is -2.44. The van der Waals surface area contributed by atoms with E-state index in [1.807, 2.05) is 30.3 Å². The third-order valence-corrected chi connectivity index (χ3v) is 3.48. The van der Waals surface area contributed by atoms with Crippen molar-refractivity contribution in [3.05, 3.63) is 64.2 Å². The summed E-state index contributed by atoms with van der Waals surface area (Å²) < 4.78 is 4.93. The van der Waals surface area contributed by atoms with Gasteiger partial charge in [0, 0.05) is 28.3 Å². The Kier molecular flexibility index (Phi) is 6.08. The molecule has 2 rings (SSSR count). The maximum atomic E-state index is 11.4. The fraction of sp³-hybridized carbons (Fsp3) is 0.211. The largest absolute Gasteiger partial charge is 0.466 e. The minimum absolute atomic E-state index is 0.196. The van der Waals surface area contributed by atoms with Gasteiger partial charge in [-0.15, -0.1) is 0 Å². The van der Waals surface area contributed by atoms with Crippen molar-refractivity contribution in [2.75, 3.05) is 12.3 Å². The van der Waals surface area contributed by atoms with E-state index in [0.717, 1.165) is 16.7 Å². The number of halogens is 1. The molecule has 4 heteroatoms. The second-order valence-electron chi connectivity index (χ2n) is 4.98. The maximum Gasteiger partial charge on any atom is 0.306 e. The number of nitrogens with two attached hydrogens (primary N) is 1. The van der Waals surface area contributed by atoms with Gasteiger partial charge >= 0.3 is 5.97 Å². The van der Waals surface area contributed by atoms with Crippen LogP contribution in [0.2, 0.25) is 5.02 Å². The van der Waals surface area contributed by atoms with Gasteiger partial charge in [0.25, 0.3) is 0 Å². The van der Waals surface area contributed by atoms with Gasteiger partial charge in [0.05, 0.1) is 6.61 Å². The van der Waals surface area contributed by atoms with Crippen molar-refractivity contribution in [1.29, 1.82) is 0 Å². The Morgan fingerprint density at radius 2 is 1.91 bits per heavy atom. The predicted molar refractivity (Wildman–Crippen MR) is 93.2 cm³/mol. The first-order valence-corrected chi connectivity index (χ1v) is 7.78. The maximum absolute atomic E-state index is 11.4. The molecule has 0 aliphatic rings. The molecule has 0 radical (unpaired) electrons. The summed E-state index contributed by atoms with van der Waals surface area (Å²) >= 11 is 5.85. The van der Waals surface area contributed by atoms with Crippen LogP contribution in [0.5, 0.6) is 0 Å². The molecule has 0 spiro atoms. The molecule has 2 aromatic carbocycles. The second-order valence-corrected chi connectivity index (χ2v) is 5.42. The Labute approximate surface area is 141 Å². The molecule has 0 aromatic heterocycles. The van der Waals surface area contributed by atoms with Crippen molar-refractivity contribution >= 4 is 23.3 Å². The lowest BCUT2D eigenvalue weighted by molar-refractivity contribution is -0.143. The highest BCUT2D eigenvalue weighted by molar-refractivity contribution is 6.30. The first-order chi connectivity index (χ1) is 11.1. The van der Waals surface area contributed by atoms with Crippen LogP contribution in [-0.4, -0.2) is 12.6 Å². The van der Waals surface area contributed by atoms with Crippen LogP contribution in [0.25, 0.3) is 0 Å². The van der Waals surface area contributed by atoms with Crippen LogP contribution < -0.4 is 5.73 Å². The molecule has 0 unspecified atom stereocenters. The molecule has 0 aliphatic carbocycles. The number of aryl methyl sites for hydroxylation is 1. The number of nitrogen functional groups attached to an aromatic ring is 1. The van der Waals surface area contributed by atoms with Gasteiger partial charge in [-0.25, -0.2) is 0 Å². The van der Waals surface area contributed by atoms with Crippen LogP contribution in [0.4, 0.5) is 5.69 Å². The summed E-state index contributed by atoms with van der Waals surface area (Å²) in [6.07, 6.45) is 0.955. The number of ether oxygens (including phenoxy) is 1. The Bertz CT molecular complexity index is 742. The number of esters is 1. The van der Waals surface area contributed by atoms with Crippen molar-refractivity contribution in [1.82, 2.24) is 0 Å². The second kappa shape index (κ2) is 8.26. The quantitative estimate of drug-likeness (QED) is 0.527. The van der Waals surface area contributed by atoms with E-state index in [4.69, 9.17) is 22.1 Å². The fourth-order valence-electron chi connectivity index (χ4n) is 2.02. The zero-order chi connectivity index (χ0) is 16.7. The van der Waals surface area contributed by atoms with Gasteiger partial charge in [-0.3, -0.25) is 4.79 Å². The van der Waals surface area contributed by atoms with Crippen LogP contribution >= 0.6 is 11.6 Å². The van der Waals surface area contributed by atoms with E-state index < -0.39 is 0 Å². The number of benzene rings is 2. The highest BCUT2D eigenvalue weighted by Gasteiger charge is 2.04. The summed E-state index contributed by atoms with van der Waals surface area (Å²) in [5.41, 5.74) is 9.21. The minimum Gasteiger partial charge on any atom is -0.466 e. The average Bonchev–Trinajstić information content (AvgIpc) is 2.54. The van der Waals surface area contributed by atoms with E-state index in [0.29, 0.717) is 30.2 Å². The first kappa shape index (κ1) is 16.9. The monoisotopic (exact) mass is 327 g/mol. The van der Waals surface area contributed by atoms with Crippen molar-refractivity contribution < 1.29 is 9.53 Å². The number of carbonyl (C=O) groups excluding carboxylic acids is 1. The van der Waals surface area contributed by atoms with E-state index in [1.165, 1.54) is 0 Å². The Balaban J connectivity index is 2.11. The number of hydrogen-bond donors (Lipinski definition) is 1. The molecule has 2 N–H and O–H groups in total. The lowest BCUT2D eigenvalue weighted by Crippen LogP contribution is -2.05. The molecule has 0 saturated carbocycles. The third-order valence-electron chi connectivity index (χ3n) is 3.23. The number of hydrogen-bond acceptors (Lipinski definition) is 3. The normalized spacial score (nSPS) is 9.83. The molecule has 0 amide bonds. The van der Waals surface area contributed by atoms with Crippen LogP contribution in [0.1, 0.15) is 30.0 Å². The molecule has 118 valence electrons. The number of rotatable bonds is 4. The van der Waals surface area contributed by atoms with Crippen molar-refractivity contribution in [2.45, 2.75) is 19.8 Å². The summed E-state index contributed by atoms with van der Waals surface area (Å²) in [6.45, 7) is 2.20. The smallest absolute Gasteiger partial charge is 0.306 e. The molecule has 0 aliphatic heterocycles. The number of anilines is 1. The molecule has 0 fully saturated rings. The van der Waals surface area contributed by atoms with Crippen molar-refractivity contribution in [3.8, 4) is 11.8 Å². The minimum atomic E-state index is -0.196. The molecule has 0 heterocycles. The Morgan fingerprint density at radius 1 is 1.17 bits per heavy atom. The predicted octanol–water partition coefficient (Wildman–Crippen LogP) is 3.82. The average molecular weight is 328 g/mol. The topological polar surface area (TPSA) is 52.3 Å². The molecule has 2 aromatic rings. The summed E-state index contributed by atoms with van der Waals surface area (Å²) in [6, 6.07) is 12.9. The lowest BCUT2D eigenvalue weighted by atomic mass is 10.0. The van der Waals surface area contributed by atoms with E-state index in [2.05, 4.69) is 11.8 Å². The van der Waals surface area contributed by atoms with E-state index in [-0.39, 0.29) is 5.97 Å². The summed E-state index contributed by atoms with van der Waals surface area (Å²) in [5, 5.41) is 0.677. The van der Waals surface area contributed by atoms with Crippen molar-refractivity contribution in [2.24, 2.45) is 0 Å². The van der Waals surface area contributed by atoms with Gasteiger partial charge in [-0.2, -0.15) is 0 Å². The summed E-state index contributed by atoms with van der Waals surface area (Å²) in [7, 11) is 0. The van der Waals surface area contributed by atoms with Gasteiger partial charge in [0.15, 0.2) is 0 Å². The van der Waals surface area contributed by atoms with Gasteiger partial charge < -0.3 is 10.5 Å². The molecule has 0 saturated heterocycles. The molecule has 3 nitrogen and oxygen atoms in total. The van der Waals surface area contributed by atoms with Gasteiger partial charge in [-0.1, -0.05) is 29.5 Å². The van der Waals surface area contributed by atoms with E-state index in [9.17, 15) is 4.79 Å². The van der Waals surface area contributed by atoms with Crippen LogP contribution in [-0.2, 0) is 16.0 Å². The molecule has 23 heavy (non-hydrogen) atoms. The first-order valence-electron chi connectivity index (χ1n) is 7.40. The highest BCUT2D eigenvalue weighted by Crippen LogP contribution is 2.15. The number of carbonyl (C=O) groups is 1. The highest BCUT2D eigenvalue weighted by atomic mass is 35.5.